The number of hydrogen-bond donors (Lipinski definition) is 2. The van der Waals surface area contributed by atoms with Gasteiger partial charge in [-0.3, -0.25) is 14.6 Å². The molecule has 102 valence electrons. The summed E-state index contributed by atoms with van der Waals surface area (Å²) in [6.45, 7) is 3.65. The van der Waals surface area contributed by atoms with Crippen molar-refractivity contribution in [2.75, 3.05) is 6.54 Å². The summed E-state index contributed by atoms with van der Waals surface area (Å²) in [5.74, 6) is -0.608. The predicted molar refractivity (Wildman–Crippen MR) is 72.4 cm³/mol. The molecule has 0 radical (unpaired) electrons. The molecule has 0 aromatic carbocycles. The number of amides is 1. The number of hydrazone groups is 1. The minimum Gasteiger partial charge on any atom is -0.480 e. The van der Waals surface area contributed by atoms with Gasteiger partial charge in [-0.15, -0.1) is 11.3 Å². The van der Waals surface area contributed by atoms with Gasteiger partial charge in [-0.1, -0.05) is 0 Å². The summed E-state index contributed by atoms with van der Waals surface area (Å²) in [4.78, 5) is 23.2. The van der Waals surface area contributed by atoms with Crippen LogP contribution in [0.3, 0.4) is 0 Å². The maximum absolute atomic E-state index is 11.9. The number of hydrogen-bond acceptors (Lipinski definition) is 5. The van der Waals surface area contributed by atoms with Crippen molar-refractivity contribution < 1.29 is 14.7 Å². The fourth-order valence-corrected chi connectivity index (χ4v) is 2.62. The highest BCUT2D eigenvalue weighted by atomic mass is 32.1. The Kier molecular flexibility index (Phi) is 3.84. The van der Waals surface area contributed by atoms with E-state index in [-0.39, 0.29) is 18.5 Å². The van der Waals surface area contributed by atoms with Gasteiger partial charge < -0.3 is 10.4 Å². The van der Waals surface area contributed by atoms with Crippen molar-refractivity contribution in [3.05, 3.63) is 21.9 Å². The molecule has 2 N–H and O–H groups in total. The first-order valence-electron chi connectivity index (χ1n) is 5.88. The molecule has 0 spiro atoms. The molecule has 0 aliphatic carbocycles. The second-order valence-corrected chi connectivity index (χ2v) is 5.44. The van der Waals surface area contributed by atoms with Crippen LogP contribution in [0.4, 0.5) is 0 Å². The lowest BCUT2D eigenvalue weighted by Crippen LogP contribution is -2.30. The molecule has 7 heteroatoms. The number of carboxylic acid groups (broad SMARTS) is 1. The van der Waals surface area contributed by atoms with Crippen molar-refractivity contribution in [3.63, 3.8) is 0 Å². The number of aryl methyl sites for hydroxylation is 1. The van der Waals surface area contributed by atoms with E-state index in [4.69, 9.17) is 5.11 Å². The van der Waals surface area contributed by atoms with E-state index in [9.17, 15) is 9.59 Å². The zero-order valence-electron chi connectivity index (χ0n) is 10.7. The summed E-state index contributed by atoms with van der Waals surface area (Å²) >= 11 is 1.38. The number of carboxylic acids is 1. The second kappa shape index (κ2) is 5.40. The molecule has 0 saturated carbocycles. The summed E-state index contributed by atoms with van der Waals surface area (Å²) in [5.41, 5.74) is 1.05. The standard InChI is InChI=1S/C12H15N3O3S/c1-7-3-9(19-6-7)12(18)13-10-4-8(2)15(14-10)5-11(16)17/h3,6,8H,4-5H2,1-2H3,(H,16,17)(H,13,14,18). The SMILES string of the molecule is Cc1csc(C(=O)NC2=NN(CC(=O)O)C(C)C2)c1. The molecule has 1 aliphatic heterocycles. The first-order chi connectivity index (χ1) is 8.95. The molecule has 6 nitrogen and oxygen atoms in total. The zero-order valence-corrected chi connectivity index (χ0v) is 11.5. The fourth-order valence-electron chi connectivity index (χ4n) is 1.83. The number of aliphatic carboxylic acids is 1. The van der Waals surface area contributed by atoms with Crippen LogP contribution in [0.2, 0.25) is 0 Å². The topological polar surface area (TPSA) is 82.0 Å². The molecule has 1 unspecified atom stereocenters. The smallest absolute Gasteiger partial charge is 0.324 e. The maximum atomic E-state index is 11.9. The lowest BCUT2D eigenvalue weighted by atomic mass is 10.2. The number of amidine groups is 1. The maximum Gasteiger partial charge on any atom is 0.324 e. The summed E-state index contributed by atoms with van der Waals surface area (Å²) in [6.07, 6.45) is 0.545. The Morgan fingerprint density at radius 3 is 2.95 bits per heavy atom. The zero-order chi connectivity index (χ0) is 14.0. The highest BCUT2D eigenvalue weighted by Gasteiger charge is 2.25. The number of thiophene rings is 1. The third-order valence-electron chi connectivity index (χ3n) is 2.76. The lowest BCUT2D eigenvalue weighted by molar-refractivity contribution is -0.138. The van der Waals surface area contributed by atoms with Crippen LogP contribution in [-0.2, 0) is 4.79 Å². The monoisotopic (exact) mass is 281 g/mol. The number of rotatable bonds is 3. The molecule has 2 heterocycles. The quantitative estimate of drug-likeness (QED) is 0.874. The van der Waals surface area contributed by atoms with Crippen molar-refractivity contribution in [2.45, 2.75) is 26.3 Å². The molecule has 1 amide bonds. The van der Waals surface area contributed by atoms with Crippen molar-refractivity contribution in [3.8, 4) is 0 Å². The van der Waals surface area contributed by atoms with E-state index in [2.05, 4.69) is 10.4 Å². The largest absolute Gasteiger partial charge is 0.480 e. The molecule has 1 atom stereocenters. The van der Waals surface area contributed by atoms with Crippen LogP contribution in [0, 0.1) is 6.92 Å². The molecular formula is C12H15N3O3S. The van der Waals surface area contributed by atoms with Crippen LogP contribution in [0.5, 0.6) is 0 Å². The Labute approximate surface area is 114 Å². The van der Waals surface area contributed by atoms with E-state index in [1.165, 1.54) is 16.3 Å². The Bertz CT molecular complexity index is 538. The van der Waals surface area contributed by atoms with Gasteiger partial charge in [-0.2, -0.15) is 5.10 Å². The summed E-state index contributed by atoms with van der Waals surface area (Å²) < 4.78 is 0. The van der Waals surface area contributed by atoms with Gasteiger partial charge in [0.05, 0.1) is 10.9 Å². The number of nitrogens with one attached hydrogen (secondary N) is 1. The van der Waals surface area contributed by atoms with Gasteiger partial charge in [0.1, 0.15) is 12.4 Å². The minimum absolute atomic E-state index is 0.0172. The van der Waals surface area contributed by atoms with Crippen LogP contribution in [0.1, 0.15) is 28.6 Å². The van der Waals surface area contributed by atoms with Crippen molar-refractivity contribution in [1.82, 2.24) is 10.3 Å². The molecule has 1 aliphatic rings. The first-order valence-corrected chi connectivity index (χ1v) is 6.76. The normalized spacial score (nSPS) is 18.3. The van der Waals surface area contributed by atoms with Gasteiger partial charge >= 0.3 is 5.97 Å². The Balaban J connectivity index is 2.00. The van der Waals surface area contributed by atoms with Crippen LogP contribution < -0.4 is 5.32 Å². The average Bonchev–Trinajstić information content (AvgIpc) is 2.86. The number of nitrogens with zero attached hydrogens (tertiary/aromatic N) is 2. The fraction of sp³-hybridized carbons (Fsp3) is 0.417. The second-order valence-electron chi connectivity index (χ2n) is 4.53. The van der Waals surface area contributed by atoms with E-state index >= 15 is 0 Å². The van der Waals surface area contributed by atoms with Gasteiger partial charge in [0.2, 0.25) is 0 Å². The van der Waals surface area contributed by atoms with Gasteiger partial charge in [0.15, 0.2) is 0 Å². The van der Waals surface area contributed by atoms with E-state index in [0.29, 0.717) is 17.1 Å². The molecule has 1 aromatic rings. The molecular weight excluding hydrogens is 266 g/mol. The lowest BCUT2D eigenvalue weighted by Gasteiger charge is -2.16. The van der Waals surface area contributed by atoms with Gasteiger partial charge in [-0.25, -0.2) is 0 Å². The summed E-state index contributed by atoms with van der Waals surface area (Å²) in [6, 6.07) is 1.80. The molecule has 19 heavy (non-hydrogen) atoms. The van der Waals surface area contributed by atoms with Crippen LogP contribution in [0.25, 0.3) is 0 Å². The van der Waals surface area contributed by atoms with E-state index in [1.54, 1.807) is 0 Å². The van der Waals surface area contributed by atoms with E-state index in [1.807, 2.05) is 25.3 Å². The minimum atomic E-state index is -0.933. The van der Waals surface area contributed by atoms with Crippen LogP contribution in [0.15, 0.2) is 16.5 Å². The molecule has 2 rings (SSSR count). The summed E-state index contributed by atoms with van der Waals surface area (Å²) in [5, 5.41) is 19.0. The molecule has 0 bridgehead atoms. The Hall–Kier alpha value is -1.89. The number of carbonyl (C=O) groups is 2. The van der Waals surface area contributed by atoms with Crippen molar-refractivity contribution in [2.24, 2.45) is 5.10 Å². The predicted octanol–water partition coefficient (Wildman–Crippen LogP) is 1.28. The van der Waals surface area contributed by atoms with Crippen molar-refractivity contribution in [1.29, 1.82) is 0 Å². The van der Waals surface area contributed by atoms with Gasteiger partial charge in [0.25, 0.3) is 5.91 Å². The Morgan fingerprint density at radius 2 is 2.37 bits per heavy atom. The third kappa shape index (κ3) is 3.31. The third-order valence-corrected chi connectivity index (χ3v) is 3.80. The average molecular weight is 281 g/mol. The first kappa shape index (κ1) is 13.5. The van der Waals surface area contributed by atoms with Gasteiger partial charge in [-0.05, 0) is 30.9 Å². The van der Waals surface area contributed by atoms with E-state index in [0.717, 1.165) is 5.56 Å². The Morgan fingerprint density at radius 1 is 1.63 bits per heavy atom. The van der Waals surface area contributed by atoms with Gasteiger partial charge in [0, 0.05) is 6.42 Å². The van der Waals surface area contributed by atoms with Crippen LogP contribution in [-0.4, -0.2) is 40.4 Å². The van der Waals surface area contributed by atoms with Crippen LogP contribution >= 0.6 is 11.3 Å². The molecule has 0 saturated heterocycles. The number of carbonyl (C=O) groups excluding carboxylic acids is 1. The molecule has 1 aromatic heterocycles. The molecule has 0 fully saturated rings. The van der Waals surface area contributed by atoms with E-state index < -0.39 is 5.97 Å². The highest BCUT2D eigenvalue weighted by Crippen LogP contribution is 2.16. The highest BCUT2D eigenvalue weighted by molar-refractivity contribution is 7.12. The summed E-state index contributed by atoms with van der Waals surface area (Å²) in [7, 11) is 0. The van der Waals surface area contributed by atoms with Crippen molar-refractivity contribution >= 4 is 29.0 Å².